The van der Waals surface area contributed by atoms with Crippen molar-refractivity contribution in [3.05, 3.63) is 224 Å². The number of aliphatic hydroxyl groups is 3. The van der Waals surface area contributed by atoms with Gasteiger partial charge < -0.3 is 41.4 Å². The Morgan fingerprint density at radius 2 is 1.57 bits per heavy atom. The Balaban J connectivity index is 0.841. The van der Waals surface area contributed by atoms with Crippen LogP contribution in [0.15, 0.2) is 162 Å². The lowest BCUT2D eigenvalue weighted by Crippen LogP contribution is -2.48. The highest BCUT2D eigenvalue weighted by atomic mass is 32.2. The second-order valence-electron chi connectivity index (χ2n) is 29.7. The largest absolute Gasteiger partial charge is 0.508 e. The second-order valence-corrected chi connectivity index (χ2v) is 31.3. The molecular formula is C81H89N3O9S. The molecule has 1 saturated heterocycles. The quantitative estimate of drug-likeness (QED) is 0.0237. The summed E-state index contributed by atoms with van der Waals surface area (Å²) in [5, 5.41) is 49.2. The molecule has 1 spiro atoms. The number of aromatic hydroxyl groups is 1. The van der Waals surface area contributed by atoms with Crippen LogP contribution in [-0.4, -0.2) is 62.9 Å². The van der Waals surface area contributed by atoms with E-state index in [-0.39, 0.29) is 72.3 Å². The van der Waals surface area contributed by atoms with Crippen molar-refractivity contribution in [3.63, 3.8) is 0 Å². The molecule has 0 aromatic heterocycles. The Bertz CT molecular complexity index is 4260. The van der Waals surface area contributed by atoms with E-state index in [1.54, 1.807) is 12.1 Å². The summed E-state index contributed by atoms with van der Waals surface area (Å²) >= 11 is 0. The molecule has 17 rings (SSSR count). The molecule has 14 atom stereocenters. The Morgan fingerprint density at radius 3 is 2.37 bits per heavy atom. The van der Waals surface area contributed by atoms with Gasteiger partial charge in [-0.1, -0.05) is 159 Å². The molecule has 10 bridgehead atoms. The van der Waals surface area contributed by atoms with Gasteiger partial charge in [-0.15, -0.1) is 0 Å². The van der Waals surface area contributed by atoms with Crippen LogP contribution in [0, 0.1) is 41.4 Å². The summed E-state index contributed by atoms with van der Waals surface area (Å²) in [5.41, 5.74) is 23.6. The van der Waals surface area contributed by atoms with Gasteiger partial charge >= 0.3 is 0 Å². The first-order valence-corrected chi connectivity index (χ1v) is 36.3. The van der Waals surface area contributed by atoms with E-state index in [9.17, 15) is 33.4 Å². The molecule has 94 heavy (non-hydrogen) atoms. The van der Waals surface area contributed by atoms with Crippen molar-refractivity contribution in [1.82, 2.24) is 0 Å². The molecule has 13 heteroatoms. The molecule has 0 amide bonds. The van der Waals surface area contributed by atoms with Crippen LogP contribution < -0.4 is 16.2 Å². The van der Waals surface area contributed by atoms with Crippen LogP contribution in [0.5, 0.6) is 11.5 Å². The van der Waals surface area contributed by atoms with Crippen LogP contribution in [0.2, 0.25) is 0 Å². The van der Waals surface area contributed by atoms with Gasteiger partial charge in [0, 0.05) is 48.5 Å². The zero-order valence-electron chi connectivity index (χ0n) is 53.9. The number of hydrogen-bond donors (Lipinski definition) is 7. The van der Waals surface area contributed by atoms with Crippen LogP contribution in [-0.2, 0) is 51.7 Å². The Hall–Kier alpha value is -7.28. The van der Waals surface area contributed by atoms with E-state index in [0.717, 1.165) is 83.9 Å². The lowest BCUT2D eigenvalue weighted by atomic mass is 9.64. The number of guanidine groups is 1. The average Bonchev–Trinajstić information content (AvgIpc) is 1.31. The molecule has 3 fully saturated rings. The van der Waals surface area contributed by atoms with E-state index in [0.29, 0.717) is 68.2 Å². The Kier molecular flexibility index (Phi) is 16.7. The Labute approximate surface area is 553 Å². The van der Waals surface area contributed by atoms with Gasteiger partial charge in [-0.2, -0.15) is 8.42 Å². The van der Waals surface area contributed by atoms with Crippen LogP contribution in [0.4, 0.5) is 0 Å². The van der Waals surface area contributed by atoms with Crippen molar-refractivity contribution in [2.75, 3.05) is 6.61 Å². The summed E-state index contributed by atoms with van der Waals surface area (Å²) in [7, 11) is -4.72. The van der Waals surface area contributed by atoms with E-state index in [1.165, 1.54) is 45.9 Å². The SMILES string of the molecule is C[C@@H]1CCc2cc3ccc2[C@H]1C[C@@H](S(=O)(=O)O)[C@H]1C=C2C[C@H](C[C@H]4C[C@@H](CO)CC#Cc5cc(O)ccc5[C@@H]2O4)[C@@H]1c1ccc(cc1)[C@](C[C@H](Cc1ccccc1)[C@@]1(O)CCC[C@H](c2ccc4c(c2)CC2(CCCC2)c2ccc5ccccc5c2C[C@H]4O)C1)(N=C(N)N)O3. The highest BCUT2D eigenvalue weighted by Crippen LogP contribution is 2.57. The highest BCUT2D eigenvalue weighted by Gasteiger charge is 2.52. The van der Waals surface area contributed by atoms with Gasteiger partial charge in [0.05, 0.1) is 23.1 Å². The fourth-order valence-corrected chi connectivity index (χ4v) is 20.6. The summed E-state index contributed by atoms with van der Waals surface area (Å²) in [4.78, 5) is 5.25. The Morgan fingerprint density at radius 1 is 0.798 bits per heavy atom. The molecule has 5 aliphatic heterocycles. The smallest absolute Gasteiger partial charge is 0.268 e. The normalized spacial score (nSPS) is 30.4. The number of allylic oxidation sites excluding steroid dienone is 1. The highest BCUT2D eigenvalue weighted by molar-refractivity contribution is 7.86. The summed E-state index contributed by atoms with van der Waals surface area (Å²) in [5.74, 6) is 4.95. The van der Waals surface area contributed by atoms with E-state index in [4.69, 9.17) is 25.9 Å². The molecular weight excluding hydrogens is 1190 g/mol. The van der Waals surface area contributed by atoms with Crippen molar-refractivity contribution < 1.29 is 42.9 Å². The van der Waals surface area contributed by atoms with Gasteiger partial charge in [0.25, 0.3) is 10.1 Å². The van der Waals surface area contributed by atoms with Crippen molar-refractivity contribution in [2.45, 2.75) is 187 Å². The number of ether oxygens (including phenoxy) is 2. The van der Waals surface area contributed by atoms with Gasteiger partial charge in [0.2, 0.25) is 5.72 Å². The molecule has 0 unspecified atom stereocenters. The monoisotopic (exact) mass is 1280 g/mol. The molecule has 5 heterocycles. The van der Waals surface area contributed by atoms with E-state index < -0.39 is 56.7 Å². The number of phenols is 1. The molecule has 7 aromatic rings. The molecule has 488 valence electrons. The standard InChI is InChI=1S/C81H89N3O9S/c1-49-18-19-56-40-64-27-30-67(56)70(49)44-75(94(89,90)91)72-42-59-38-58(41-65-36-51(48-85)13-9-15-55-39-63(86)26-29-69(55)77(59)92-65)76(72)53-20-24-61(25-21-53)81(93-64,84-78(82)83)47-62(35-50-11-3-2-4-12-50)80(88)34-10-16-57(46-80)54-22-28-68-60(37-54)45-79(32-7-8-33-79)73-31-23-52-14-5-6-17-66(52)71(73)43-74(68)87/h2-6,11-12,14,17,20-31,37,39-40,42,49,51,57-58,62,65,70,72,74-77,85-88H,7-8,10,13,16,18-19,32-36,38,41,43-48H2,1H3,(H4,82,83,84)(H,89,90,91)/t49-,51+,57+,58-,62+,65-,70+,72-,74-,75-,76+,77-,80-,81-/m1/s1. The lowest BCUT2D eigenvalue weighted by Gasteiger charge is -2.46. The first-order valence-electron chi connectivity index (χ1n) is 34.8. The van der Waals surface area contributed by atoms with Crippen LogP contribution in [0.3, 0.4) is 0 Å². The maximum absolute atomic E-state index is 14.6. The summed E-state index contributed by atoms with van der Waals surface area (Å²) in [6.45, 7) is 2.10. The van der Waals surface area contributed by atoms with E-state index >= 15 is 0 Å². The first-order chi connectivity index (χ1) is 45.4. The van der Waals surface area contributed by atoms with Gasteiger partial charge in [0.1, 0.15) is 17.6 Å². The van der Waals surface area contributed by atoms with Crippen molar-refractivity contribution in [3.8, 4) is 23.3 Å². The average molecular weight is 1280 g/mol. The number of nitrogens with two attached hydrogens (primary N) is 2. The molecule has 0 radical (unpaired) electrons. The van der Waals surface area contributed by atoms with Crippen LogP contribution >= 0.6 is 0 Å². The maximum atomic E-state index is 14.6. The van der Waals surface area contributed by atoms with Crippen molar-refractivity contribution in [2.24, 2.45) is 46.0 Å². The summed E-state index contributed by atoms with van der Waals surface area (Å²) < 4.78 is 55.9. The topological polar surface area (TPSA) is 218 Å². The third-order valence-corrected chi connectivity index (χ3v) is 25.3. The van der Waals surface area contributed by atoms with E-state index in [2.05, 4.69) is 116 Å². The number of aliphatic hydroxyl groups excluding tert-OH is 2. The third-order valence-electron chi connectivity index (χ3n) is 24.0. The third kappa shape index (κ3) is 11.9. The zero-order valence-corrected chi connectivity index (χ0v) is 54.7. The molecule has 5 aliphatic carbocycles. The van der Waals surface area contributed by atoms with Crippen molar-refractivity contribution >= 4 is 26.9 Å². The van der Waals surface area contributed by atoms with Crippen LogP contribution in [0.25, 0.3) is 10.8 Å². The van der Waals surface area contributed by atoms with Gasteiger partial charge in [-0.05, 0) is 227 Å². The minimum absolute atomic E-state index is 0.0101. The number of nitrogens with zero attached hydrogens (tertiary/aromatic N) is 1. The number of aliphatic imine (C=N–C) groups is 1. The molecule has 9 N–H and O–H groups in total. The predicted octanol–water partition coefficient (Wildman–Crippen LogP) is 14.3. The minimum Gasteiger partial charge on any atom is -0.508 e. The number of fused-ring (bicyclic) bond motifs is 14. The molecule has 2 saturated carbocycles. The second kappa shape index (κ2) is 25.0. The van der Waals surface area contributed by atoms with Gasteiger partial charge in [-0.3, -0.25) is 4.55 Å². The molecule has 12 nitrogen and oxygen atoms in total. The van der Waals surface area contributed by atoms with Gasteiger partial charge in [0.15, 0.2) is 5.96 Å². The summed E-state index contributed by atoms with van der Waals surface area (Å²) in [6, 6.07) is 49.8. The van der Waals surface area contributed by atoms with Crippen molar-refractivity contribution in [1.29, 1.82) is 0 Å². The number of rotatable bonds is 9. The predicted molar refractivity (Wildman–Crippen MR) is 368 cm³/mol. The molecule has 10 aliphatic rings. The summed E-state index contributed by atoms with van der Waals surface area (Å²) in [6.07, 6.45) is 13.6. The fourth-order valence-electron chi connectivity index (χ4n) is 19.5. The number of aryl methyl sites for hydroxylation is 1. The first kappa shape index (κ1) is 62.8. The van der Waals surface area contributed by atoms with Crippen LogP contribution in [0.1, 0.15) is 200 Å². The lowest BCUT2D eigenvalue weighted by molar-refractivity contribution is -0.0834. The minimum atomic E-state index is -4.72. The number of phenolic OH excluding ortho intramolecular Hbond substituents is 1. The fraction of sp³-hybridized carbons (Fsp3) is 0.444. The molecule has 7 aromatic carbocycles. The number of benzene rings is 7. The zero-order chi connectivity index (χ0) is 64.7. The number of hydrogen-bond acceptors (Lipinski definition) is 9. The van der Waals surface area contributed by atoms with Gasteiger partial charge in [-0.25, -0.2) is 4.99 Å². The van der Waals surface area contributed by atoms with E-state index in [1.807, 2.05) is 42.5 Å². The maximum Gasteiger partial charge on any atom is 0.268 e.